The standard InChI is InChI=1S/C24H28N4O4S/c25-17-21(27-23(29)24(26)10-14-32-15-11-24)16-18-2-4-19(5-3-18)20-6-8-22(9-7-20)33(30,31)28-12-1-13-28/h2-9,21H,1,10-16,26H2,(H,27,29)/t21-/m0/s1. The van der Waals surface area contributed by atoms with Crippen LogP contribution in [0.3, 0.4) is 0 Å². The van der Waals surface area contributed by atoms with Gasteiger partial charge >= 0.3 is 0 Å². The van der Waals surface area contributed by atoms with Crippen LogP contribution in [0.4, 0.5) is 0 Å². The van der Waals surface area contributed by atoms with Crippen molar-refractivity contribution in [2.24, 2.45) is 5.73 Å². The fourth-order valence-corrected chi connectivity index (χ4v) is 5.48. The van der Waals surface area contributed by atoms with Crippen LogP contribution in [0.15, 0.2) is 53.4 Å². The van der Waals surface area contributed by atoms with E-state index in [-0.39, 0.29) is 5.91 Å². The van der Waals surface area contributed by atoms with Crippen molar-refractivity contribution in [1.29, 1.82) is 5.26 Å². The molecule has 2 saturated heterocycles. The van der Waals surface area contributed by atoms with E-state index in [1.165, 1.54) is 4.31 Å². The Bertz CT molecular complexity index is 1130. The number of nitriles is 1. The van der Waals surface area contributed by atoms with E-state index in [0.29, 0.717) is 50.5 Å². The van der Waals surface area contributed by atoms with Crippen LogP contribution in [0.2, 0.25) is 0 Å². The Morgan fingerprint density at radius 3 is 2.18 bits per heavy atom. The first-order valence-electron chi connectivity index (χ1n) is 11.1. The van der Waals surface area contributed by atoms with E-state index in [0.717, 1.165) is 23.1 Å². The molecule has 0 unspecified atom stereocenters. The molecule has 9 heteroatoms. The highest BCUT2D eigenvalue weighted by Gasteiger charge is 2.36. The van der Waals surface area contributed by atoms with Crippen molar-refractivity contribution in [2.75, 3.05) is 26.3 Å². The lowest BCUT2D eigenvalue weighted by atomic mass is 9.90. The molecule has 3 N–H and O–H groups in total. The number of amides is 1. The molecular weight excluding hydrogens is 440 g/mol. The van der Waals surface area contributed by atoms with Crippen molar-refractivity contribution >= 4 is 15.9 Å². The summed E-state index contributed by atoms with van der Waals surface area (Å²) in [5, 5.41) is 12.3. The Labute approximate surface area is 194 Å². The van der Waals surface area contributed by atoms with E-state index in [9.17, 15) is 18.5 Å². The van der Waals surface area contributed by atoms with Crippen LogP contribution < -0.4 is 11.1 Å². The molecule has 0 bridgehead atoms. The van der Waals surface area contributed by atoms with Gasteiger partial charge in [-0.2, -0.15) is 9.57 Å². The number of sulfonamides is 1. The third-order valence-corrected chi connectivity index (χ3v) is 8.25. The fourth-order valence-electron chi connectivity index (χ4n) is 3.96. The van der Waals surface area contributed by atoms with Crippen molar-refractivity contribution < 1.29 is 17.9 Å². The molecule has 0 radical (unpaired) electrons. The van der Waals surface area contributed by atoms with E-state index in [1.807, 2.05) is 24.3 Å². The lowest BCUT2D eigenvalue weighted by Gasteiger charge is -2.32. The number of carbonyl (C=O) groups excluding carboxylic acids is 1. The number of hydrogen-bond donors (Lipinski definition) is 2. The number of carbonyl (C=O) groups is 1. The van der Waals surface area contributed by atoms with Crippen LogP contribution in [0.1, 0.15) is 24.8 Å². The highest BCUT2D eigenvalue weighted by molar-refractivity contribution is 7.89. The van der Waals surface area contributed by atoms with Crippen LogP contribution in [0.25, 0.3) is 11.1 Å². The number of nitrogens with zero attached hydrogens (tertiary/aromatic N) is 2. The minimum Gasteiger partial charge on any atom is -0.381 e. The van der Waals surface area contributed by atoms with Gasteiger partial charge < -0.3 is 15.8 Å². The van der Waals surface area contributed by atoms with E-state index in [4.69, 9.17) is 10.5 Å². The summed E-state index contributed by atoms with van der Waals surface area (Å²) < 4.78 is 31.7. The largest absolute Gasteiger partial charge is 0.381 e. The number of hydrogen-bond acceptors (Lipinski definition) is 6. The first-order valence-corrected chi connectivity index (χ1v) is 12.5. The van der Waals surface area contributed by atoms with Crippen molar-refractivity contribution in [3.05, 3.63) is 54.1 Å². The number of nitrogens with one attached hydrogen (secondary N) is 1. The highest BCUT2D eigenvalue weighted by atomic mass is 32.2. The highest BCUT2D eigenvalue weighted by Crippen LogP contribution is 2.26. The van der Waals surface area contributed by atoms with Gasteiger partial charge in [0.25, 0.3) is 0 Å². The SMILES string of the molecule is N#C[C@H](Cc1ccc(-c2ccc(S(=O)(=O)N3CCC3)cc2)cc1)NC(=O)C1(N)CCOCC1. The monoisotopic (exact) mass is 468 g/mol. The van der Waals surface area contributed by atoms with Gasteiger partial charge in [0.2, 0.25) is 15.9 Å². The second kappa shape index (κ2) is 9.61. The molecule has 2 aliphatic rings. The number of benzene rings is 2. The average Bonchev–Trinajstić information content (AvgIpc) is 2.78. The Balaban J connectivity index is 1.39. The number of nitrogens with two attached hydrogens (primary N) is 1. The molecule has 0 spiro atoms. The van der Waals surface area contributed by atoms with Crippen molar-refractivity contribution in [3.63, 3.8) is 0 Å². The molecule has 2 aromatic carbocycles. The summed E-state index contributed by atoms with van der Waals surface area (Å²) in [6.07, 6.45) is 2.14. The van der Waals surface area contributed by atoms with Gasteiger partial charge in [0.1, 0.15) is 6.04 Å². The lowest BCUT2D eigenvalue weighted by Crippen LogP contribution is -2.58. The molecule has 2 aliphatic heterocycles. The van der Waals surface area contributed by atoms with E-state index in [2.05, 4.69) is 11.4 Å². The predicted molar refractivity (Wildman–Crippen MR) is 123 cm³/mol. The first kappa shape index (κ1) is 23.4. The zero-order valence-corrected chi connectivity index (χ0v) is 19.2. The number of ether oxygens (including phenoxy) is 1. The minimum absolute atomic E-state index is 0.303. The van der Waals surface area contributed by atoms with E-state index >= 15 is 0 Å². The summed E-state index contributed by atoms with van der Waals surface area (Å²) in [6, 6.07) is 16.0. The van der Waals surface area contributed by atoms with Crippen LogP contribution in [-0.4, -0.2) is 56.5 Å². The first-order chi connectivity index (χ1) is 15.8. The molecule has 4 rings (SSSR count). The second-order valence-electron chi connectivity index (χ2n) is 8.61. The Morgan fingerprint density at radius 1 is 1.09 bits per heavy atom. The molecule has 33 heavy (non-hydrogen) atoms. The molecule has 2 fully saturated rings. The van der Waals surface area contributed by atoms with E-state index < -0.39 is 21.6 Å². The summed E-state index contributed by atoms with van der Waals surface area (Å²) in [6.45, 7) is 2.04. The maximum absolute atomic E-state index is 12.6. The molecule has 8 nitrogen and oxygen atoms in total. The van der Waals surface area contributed by atoms with Gasteiger partial charge in [0, 0.05) is 32.7 Å². The Morgan fingerprint density at radius 2 is 1.67 bits per heavy atom. The van der Waals surface area contributed by atoms with Crippen molar-refractivity contribution in [3.8, 4) is 17.2 Å². The molecule has 2 heterocycles. The second-order valence-corrected chi connectivity index (χ2v) is 10.5. The summed E-state index contributed by atoms with van der Waals surface area (Å²) in [5.74, 6) is -0.317. The Kier molecular flexibility index (Phi) is 6.81. The molecule has 0 aliphatic carbocycles. The van der Waals surface area contributed by atoms with Crippen molar-refractivity contribution in [1.82, 2.24) is 9.62 Å². The average molecular weight is 469 g/mol. The topological polar surface area (TPSA) is 126 Å². The zero-order valence-electron chi connectivity index (χ0n) is 18.4. The molecule has 2 aromatic rings. The van der Waals surface area contributed by atoms with Crippen LogP contribution in [0.5, 0.6) is 0 Å². The summed E-state index contributed by atoms with van der Waals surface area (Å²) in [7, 11) is -3.39. The Hall–Kier alpha value is -2.77. The molecular formula is C24H28N4O4S. The maximum atomic E-state index is 12.6. The van der Waals surface area contributed by atoms with Gasteiger partial charge in [-0.15, -0.1) is 0 Å². The lowest BCUT2D eigenvalue weighted by molar-refractivity contribution is -0.130. The molecule has 1 atom stereocenters. The van der Waals surface area contributed by atoms with Gasteiger partial charge in [0.05, 0.1) is 16.5 Å². The van der Waals surface area contributed by atoms with Crippen molar-refractivity contribution in [2.45, 2.75) is 42.2 Å². The predicted octanol–water partition coefficient (Wildman–Crippen LogP) is 1.81. The van der Waals surface area contributed by atoms with E-state index in [1.54, 1.807) is 24.3 Å². The van der Waals surface area contributed by atoms with Gasteiger partial charge in [-0.1, -0.05) is 36.4 Å². The summed E-state index contributed by atoms with van der Waals surface area (Å²) in [5.41, 5.74) is 7.96. The van der Waals surface area contributed by atoms with Gasteiger partial charge in [-0.05, 0) is 48.1 Å². The van der Waals surface area contributed by atoms with Crippen LogP contribution in [-0.2, 0) is 26.0 Å². The van der Waals surface area contributed by atoms with Crippen LogP contribution >= 0.6 is 0 Å². The summed E-state index contributed by atoms with van der Waals surface area (Å²) >= 11 is 0. The zero-order chi connectivity index (χ0) is 23.5. The normalized spacial score (nSPS) is 19.2. The molecule has 0 saturated carbocycles. The molecule has 0 aromatic heterocycles. The molecule has 1 amide bonds. The van der Waals surface area contributed by atoms with Gasteiger partial charge in [-0.3, -0.25) is 4.79 Å². The summed E-state index contributed by atoms with van der Waals surface area (Å²) in [4.78, 5) is 12.9. The molecule has 174 valence electrons. The van der Waals surface area contributed by atoms with Gasteiger partial charge in [0.15, 0.2) is 0 Å². The quantitative estimate of drug-likeness (QED) is 0.638. The smallest absolute Gasteiger partial charge is 0.243 e. The third kappa shape index (κ3) is 5.09. The number of rotatable bonds is 7. The van der Waals surface area contributed by atoms with Crippen LogP contribution in [0, 0.1) is 11.3 Å². The minimum atomic E-state index is -3.39. The maximum Gasteiger partial charge on any atom is 0.243 e. The third-order valence-electron chi connectivity index (χ3n) is 6.33. The van der Waals surface area contributed by atoms with Gasteiger partial charge in [-0.25, -0.2) is 8.42 Å². The fraction of sp³-hybridized carbons (Fsp3) is 0.417.